The zero-order valence-electron chi connectivity index (χ0n) is 16.0. The topological polar surface area (TPSA) is 18.5 Å². The van der Waals surface area contributed by atoms with Crippen LogP contribution in [0.15, 0.2) is 0 Å². The Labute approximate surface area is 156 Å². The van der Waals surface area contributed by atoms with Gasteiger partial charge in [0, 0.05) is 0 Å². The molecule has 0 heterocycles. The van der Waals surface area contributed by atoms with Gasteiger partial charge in [-0.15, -0.1) is 0 Å². The molecule has 0 saturated heterocycles. The third-order valence-corrected chi connectivity index (χ3v) is 7.36. The molecule has 0 unspecified atom stereocenters. The Morgan fingerprint density at radius 3 is 1.22 bits per heavy atom. The van der Waals surface area contributed by atoms with E-state index in [2.05, 4.69) is 13.8 Å². The molecule has 0 aromatic rings. The summed E-state index contributed by atoms with van der Waals surface area (Å²) in [6.45, 7) is 7.84. The molecule has 0 radical (unpaired) electrons. The standard InChI is InChI=1S/C20H42O2Te/c1-3-21-17-13-9-5-7-11-15-19-23-20-16-12-8-6-10-14-18-22-4-2/h3-20H2,1-2H3. The van der Waals surface area contributed by atoms with Crippen molar-refractivity contribution in [2.75, 3.05) is 26.4 Å². The molecule has 0 fully saturated rings. The van der Waals surface area contributed by atoms with Gasteiger partial charge in [-0.2, -0.15) is 0 Å². The minimum absolute atomic E-state index is 0.345. The maximum atomic E-state index is 5.36. The molecule has 0 N–H and O–H groups in total. The van der Waals surface area contributed by atoms with E-state index in [-0.39, 0.29) is 0 Å². The first-order valence-corrected chi connectivity index (χ1v) is 13.4. The summed E-state index contributed by atoms with van der Waals surface area (Å²) in [7, 11) is 0. The van der Waals surface area contributed by atoms with Gasteiger partial charge in [-0.1, -0.05) is 0 Å². The molecule has 0 aliphatic rings. The van der Waals surface area contributed by atoms with Gasteiger partial charge in [-0.05, 0) is 0 Å². The summed E-state index contributed by atoms with van der Waals surface area (Å²) in [5.41, 5.74) is 0. The van der Waals surface area contributed by atoms with Crippen LogP contribution < -0.4 is 0 Å². The van der Waals surface area contributed by atoms with Crippen molar-refractivity contribution in [3.8, 4) is 0 Å². The monoisotopic (exact) mass is 444 g/mol. The maximum absolute atomic E-state index is 5.36. The molecular weight excluding hydrogens is 400 g/mol. The molecule has 0 aromatic heterocycles. The molecule has 0 amide bonds. The predicted molar refractivity (Wildman–Crippen MR) is 104 cm³/mol. The van der Waals surface area contributed by atoms with Crippen molar-refractivity contribution in [2.45, 2.75) is 99.8 Å². The van der Waals surface area contributed by atoms with Gasteiger partial charge in [0.05, 0.1) is 0 Å². The molecule has 0 spiro atoms. The molecule has 0 saturated carbocycles. The Morgan fingerprint density at radius 1 is 0.478 bits per heavy atom. The first kappa shape index (κ1) is 23.7. The van der Waals surface area contributed by atoms with E-state index in [4.69, 9.17) is 9.47 Å². The second-order valence-electron chi connectivity index (χ2n) is 6.25. The quantitative estimate of drug-likeness (QED) is 0.163. The Morgan fingerprint density at radius 2 is 0.826 bits per heavy atom. The average Bonchev–Trinajstić information content (AvgIpc) is 2.57. The molecule has 3 heteroatoms. The van der Waals surface area contributed by atoms with Crippen LogP contribution in [0.3, 0.4) is 0 Å². The number of unbranched alkanes of at least 4 members (excludes halogenated alkanes) is 10. The Hall–Kier alpha value is 0.710. The van der Waals surface area contributed by atoms with Crippen molar-refractivity contribution in [2.24, 2.45) is 0 Å². The average molecular weight is 442 g/mol. The first-order chi connectivity index (χ1) is 11.4. The van der Waals surface area contributed by atoms with Crippen molar-refractivity contribution in [1.29, 1.82) is 0 Å². The molecule has 2 nitrogen and oxygen atoms in total. The summed E-state index contributed by atoms with van der Waals surface area (Å²) in [6.07, 6.45) is 16.9. The first-order valence-electron chi connectivity index (χ1n) is 10.1. The van der Waals surface area contributed by atoms with Crippen LogP contribution in [0.1, 0.15) is 90.9 Å². The summed E-state index contributed by atoms with van der Waals surface area (Å²) in [4.78, 5) is 0. The van der Waals surface area contributed by atoms with Crippen molar-refractivity contribution in [3.63, 3.8) is 0 Å². The SMILES string of the molecule is CCOCCCCCCCC[Te]CCCCCCCCOCC. The van der Waals surface area contributed by atoms with Gasteiger partial charge in [0.1, 0.15) is 0 Å². The van der Waals surface area contributed by atoms with E-state index in [1.807, 2.05) is 0 Å². The molecule has 0 aliphatic heterocycles. The van der Waals surface area contributed by atoms with E-state index in [0.29, 0.717) is 20.9 Å². The van der Waals surface area contributed by atoms with E-state index in [1.54, 1.807) is 8.94 Å². The summed E-state index contributed by atoms with van der Waals surface area (Å²) in [6, 6.07) is 0. The van der Waals surface area contributed by atoms with Crippen LogP contribution in [0.25, 0.3) is 0 Å². The fourth-order valence-corrected chi connectivity index (χ4v) is 5.53. The van der Waals surface area contributed by atoms with Crippen molar-refractivity contribution in [3.05, 3.63) is 0 Å². The van der Waals surface area contributed by atoms with Crippen LogP contribution in [0.5, 0.6) is 0 Å². The molecule has 0 atom stereocenters. The molecule has 0 aromatic carbocycles. The third kappa shape index (κ3) is 22.7. The number of ether oxygens (including phenoxy) is 2. The normalized spacial score (nSPS) is 11.2. The van der Waals surface area contributed by atoms with Crippen LogP contribution in [-0.4, -0.2) is 47.4 Å². The van der Waals surface area contributed by atoms with Crippen molar-refractivity contribution in [1.82, 2.24) is 0 Å². The molecule has 140 valence electrons. The number of rotatable bonds is 20. The molecule has 0 bridgehead atoms. The summed E-state index contributed by atoms with van der Waals surface area (Å²) in [5, 5.41) is 0. The Kier molecular flexibility index (Phi) is 23.4. The van der Waals surface area contributed by atoms with Crippen LogP contribution in [0.4, 0.5) is 0 Å². The third-order valence-electron chi connectivity index (χ3n) is 4.06. The van der Waals surface area contributed by atoms with Gasteiger partial charge in [0.15, 0.2) is 0 Å². The van der Waals surface area contributed by atoms with Gasteiger partial charge >= 0.3 is 157 Å². The molecule has 0 rings (SSSR count). The minimum atomic E-state index is 0.345. The van der Waals surface area contributed by atoms with Crippen molar-refractivity contribution < 1.29 is 9.47 Å². The fraction of sp³-hybridized carbons (Fsp3) is 1.00. The zero-order valence-corrected chi connectivity index (χ0v) is 18.3. The van der Waals surface area contributed by atoms with Gasteiger partial charge in [-0.3, -0.25) is 0 Å². The second-order valence-corrected chi connectivity index (χ2v) is 9.74. The van der Waals surface area contributed by atoms with Gasteiger partial charge in [0.25, 0.3) is 0 Å². The van der Waals surface area contributed by atoms with Crippen LogP contribution in [0, 0.1) is 0 Å². The van der Waals surface area contributed by atoms with Gasteiger partial charge in [0.2, 0.25) is 0 Å². The van der Waals surface area contributed by atoms with E-state index in [9.17, 15) is 0 Å². The molecule has 0 aliphatic carbocycles. The predicted octanol–water partition coefficient (Wildman–Crippen LogP) is 6.28. The molecule has 23 heavy (non-hydrogen) atoms. The van der Waals surface area contributed by atoms with Crippen LogP contribution in [-0.2, 0) is 9.47 Å². The second kappa shape index (κ2) is 22.7. The van der Waals surface area contributed by atoms with Gasteiger partial charge < -0.3 is 0 Å². The Balaban J connectivity index is 2.92. The summed E-state index contributed by atoms with van der Waals surface area (Å²) >= 11 is 0.345. The van der Waals surface area contributed by atoms with E-state index < -0.39 is 0 Å². The van der Waals surface area contributed by atoms with Gasteiger partial charge in [-0.25, -0.2) is 0 Å². The summed E-state index contributed by atoms with van der Waals surface area (Å²) < 4.78 is 13.9. The van der Waals surface area contributed by atoms with E-state index in [0.717, 1.165) is 26.4 Å². The van der Waals surface area contributed by atoms with E-state index in [1.165, 1.54) is 77.0 Å². The fourth-order valence-electron chi connectivity index (χ4n) is 2.62. The molecular formula is C20H42O2Te. The number of hydrogen-bond acceptors (Lipinski definition) is 2. The number of hydrogen-bond donors (Lipinski definition) is 0. The van der Waals surface area contributed by atoms with Crippen LogP contribution in [0.2, 0.25) is 8.94 Å². The zero-order chi connectivity index (χ0) is 16.8. The van der Waals surface area contributed by atoms with Crippen LogP contribution >= 0.6 is 0 Å². The van der Waals surface area contributed by atoms with E-state index >= 15 is 0 Å². The van der Waals surface area contributed by atoms with Crippen molar-refractivity contribution >= 4 is 20.9 Å². The summed E-state index contributed by atoms with van der Waals surface area (Å²) in [5.74, 6) is 0. The Bertz CT molecular complexity index is 180.